The van der Waals surface area contributed by atoms with Crippen LogP contribution in [0.1, 0.15) is 41.5 Å². The molecule has 5 nitrogen and oxygen atoms in total. The van der Waals surface area contributed by atoms with Crippen LogP contribution in [0.3, 0.4) is 0 Å². The number of hydrogen-bond acceptors (Lipinski definition) is 5. The van der Waals surface area contributed by atoms with Crippen LogP contribution in [-0.2, 0) is 6.61 Å². The maximum atomic E-state index is 12.0. The number of nitrogens with zero attached hydrogens (tertiary/aromatic N) is 2. The van der Waals surface area contributed by atoms with E-state index in [1.54, 1.807) is 12.1 Å². The molecule has 112 valence electrons. The molecule has 0 fully saturated rings. The van der Waals surface area contributed by atoms with Crippen LogP contribution in [0.5, 0.6) is 5.75 Å². The summed E-state index contributed by atoms with van der Waals surface area (Å²) in [5, 5.41) is 2.89. The van der Waals surface area contributed by atoms with Gasteiger partial charge in [0.05, 0.1) is 17.4 Å². The lowest BCUT2D eigenvalue weighted by atomic mass is 10.2. The summed E-state index contributed by atoms with van der Waals surface area (Å²) in [5.41, 5.74) is 2.32. The number of nitrogens with one attached hydrogen (secondary N) is 1. The summed E-state index contributed by atoms with van der Waals surface area (Å²) >= 11 is 1.18. The highest BCUT2D eigenvalue weighted by atomic mass is 32.1. The van der Waals surface area contributed by atoms with E-state index in [4.69, 9.17) is 4.74 Å². The van der Waals surface area contributed by atoms with E-state index in [0.29, 0.717) is 24.5 Å². The van der Waals surface area contributed by atoms with Gasteiger partial charge in [0.15, 0.2) is 0 Å². The molecule has 1 amide bonds. The lowest BCUT2D eigenvalue weighted by Gasteiger charge is -2.08. The van der Waals surface area contributed by atoms with Crippen molar-refractivity contribution in [2.45, 2.75) is 33.3 Å². The molecule has 0 radical (unpaired) electrons. The summed E-state index contributed by atoms with van der Waals surface area (Å²) in [6.45, 7) is 5.06. The first-order chi connectivity index (χ1) is 10.2. The third kappa shape index (κ3) is 4.53. The van der Waals surface area contributed by atoms with Crippen molar-refractivity contribution in [2.75, 3.05) is 6.54 Å². The fourth-order valence-corrected chi connectivity index (χ4v) is 2.29. The molecule has 0 saturated carbocycles. The van der Waals surface area contributed by atoms with Gasteiger partial charge in [-0.3, -0.25) is 4.79 Å². The Morgan fingerprint density at radius 3 is 2.95 bits per heavy atom. The zero-order valence-corrected chi connectivity index (χ0v) is 13.1. The second-order valence-electron chi connectivity index (χ2n) is 4.72. The normalized spacial score (nSPS) is 10.4. The molecule has 1 N–H and O–H groups in total. The molecule has 1 aromatic carbocycles. The molecule has 1 aromatic heterocycles. The number of rotatable bonds is 7. The lowest BCUT2D eigenvalue weighted by molar-refractivity contribution is 0.0952. The third-order valence-corrected chi connectivity index (χ3v) is 3.69. The minimum absolute atomic E-state index is 0.0691. The lowest BCUT2D eigenvalue weighted by Crippen LogP contribution is -2.24. The first-order valence-corrected chi connectivity index (χ1v) is 7.73. The molecule has 2 rings (SSSR count). The minimum Gasteiger partial charge on any atom is -0.487 e. The van der Waals surface area contributed by atoms with Crippen LogP contribution in [0.4, 0.5) is 0 Å². The number of ether oxygens (including phenoxy) is 1. The molecule has 2 aromatic rings. The molecular weight excluding hydrogens is 286 g/mol. The van der Waals surface area contributed by atoms with E-state index >= 15 is 0 Å². The first-order valence-electron chi connectivity index (χ1n) is 6.99. The standard InChI is InChI=1S/C15H19N3O2S/c1-3-4-8-16-15(19)12-6-5-7-13(9-12)20-10-14-11(2)17-21-18-14/h5-7,9H,3-4,8,10H2,1-2H3,(H,16,19). The van der Waals surface area contributed by atoms with Gasteiger partial charge in [0, 0.05) is 12.1 Å². The average molecular weight is 305 g/mol. The fourth-order valence-electron chi connectivity index (χ4n) is 1.74. The van der Waals surface area contributed by atoms with E-state index < -0.39 is 0 Å². The second kappa shape index (κ2) is 7.73. The molecule has 0 aliphatic rings. The maximum absolute atomic E-state index is 12.0. The van der Waals surface area contributed by atoms with Crippen molar-refractivity contribution in [1.82, 2.24) is 14.1 Å². The van der Waals surface area contributed by atoms with Gasteiger partial charge in [0.25, 0.3) is 5.91 Å². The Hall–Kier alpha value is -1.95. The Morgan fingerprint density at radius 2 is 2.24 bits per heavy atom. The van der Waals surface area contributed by atoms with Crippen molar-refractivity contribution in [1.29, 1.82) is 0 Å². The van der Waals surface area contributed by atoms with E-state index in [9.17, 15) is 4.79 Å². The Kier molecular flexibility index (Phi) is 5.68. The van der Waals surface area contributed by atoms with Crippen LogP contribution in [0.2, 0.25) is 0 Å². The van der Waals surface area contributed by atoms with Crippen LogP contribution in [-0.4, -0.2) is 21.2 Å². The van der Waals surface area contributed by atoms with E-state index in [-0.39, 0.29) is 5.91 Å². The van der Waals surface area contributed by atoms with E-state index in [1.807, 2.05) is 19.1 Å². The average Bonchev–Trinajstić information content (AvgIpc) is 2.91. The predicted octanol–water partition coefficient (Wildman–Crippen LogP) is 2.96. The smallest absolute Gasteiger partial charge is 0.251 e. The maximum Gasteiger partial charge on any atom is 0.251 e. The summed E-state index contributed by atoms with van der Waals surface area (Å²) in [7, 11) is 0. The summed E-state index contributed by atoms with van der Waals surface area (Å²) in [6.07, 6.45) is 2.04. The predicted molar refractivity (Wildman–Crippen MR) is 82.7 cm³/mol. The first kappa shape index (κ1) is 15.4. The Balaban J connectivity index is 1.94. The fraction of sp³-hybridized carbons (Fsp3) is 0.400. The molecule has 0 bridgehead atoms. The van der Waals surface area contributed by atoms with E-state index in [0.717, 1.165) is 24.2 Å². The molecule has 6 heteroatoms. The Labute approximate surface area is 128 Å². The molecule has 1 heterocycles. The molecule has 0 aliphatic carbocycles. The summed E-state index contributed by atoms with van der Waals surface area (Å²) < 4.78 is 13.9. The van der Waals surface area contributed by atoms with Crippen molar-refractivity contribution < 1.29 is 9.53 Å². The second-order valence-corrected chi connectivity index (χ2v) is 5.25. The Bertz CT molecular complexity index is 598. The van der Waals surface area contributed by atoms with Gasteiger partial charge in [-0.1, -0.05) is 19.4 Å². The van der Waals surface area contributed by atoms with Crippen molar-refractivity contribution in [2.24, 2.45) is 0 Å². The Morgan fingerprint density at radius 1 is 1.38 bits per heavy atom. The third-order valence-electron chi connectivity index (χ3n) is 3.03. The molecule has 0 atom stereocenters. The number of hydrogen-bond donors (Lipinski definition) is 1. The van der Waals surface area contributed by atoms with Gasteiger partial charge in [0.2, 0.25) is 0 Å². The molecular formula is C15H19N3O2S. The van der Waals surface area contributed by atoms with Gasteiger partial charge in [-0.2, -0.15) is 8.75 Å². The molecule has 0 aliphatic heterocycles. The number of amides is 1. The number of benzene rings is 1. The number of carbonyl (C=O) groups is 1. The van der Waals surface area contributed by atoms with Crippen molar-refractivity contribution in [3.63, 3.8) is 0 Å². The minimum atomic E-state index is -0.0691. The van der Waals surface area contributed by atoms with Gasteiger partial charge in [0.1, 0.15) is 18.1 Å². The van der Waals surface area contributed by atoms with Crippen LogP contribution >= 0.6 is 11.7 Å². The van der Waals surface area contributed by atoms with Crippen molar-refractivity contribution in [3.8, 4) is 5.75 Å². The van der Waals surface area contributed by atoms with Crippen LogP contribution in [0, 0.1) is 6.92 Å². The quantitative estimate of drug-likeness (QED) is 0.799. The zero-order valence-electron chi connectivity index (χ0n) is 12.3. The van der Waals surface area contributed by atoms with Gasteiger partial charge >= 0.3 is 0 Å². The van der Waals surface area contributed by atoms with Gasteiger partial charge in [-0.05, 0) is 31.5 Å². The number of carbonyl (C=O) groups excluding carboxylic acids is 1. The van der Waals surface area contributed by atoms with Crippen LogP contribution < -0.4 is 10.1 Å². The highest BCUT2D eigenvalue weighted by Crippen LogP contribution is 2.16. The largest absolute Gasteiger partial charge is 0.487 e. The summed E-state index contributed by atoms with van der Waals surface area (Å²) in [5.74, 6) is 0.589. The van der Waals surface area contributed by atoms with Crippen LogP contribution in [0.15, 0.2) is 24.3 Å². The number of aryl methyl sites for hydroxylation is 1. The van der Waals surface area contributed by atoms with Crippen LogP contribution in [0.25, 0.3) is 0 Å². The van der Waals surface area contributed by atoms with E-state index in [2.05, 4.69) is 21.0 Å². The topological polar surface area (TPSA) is 64.1 Å². The number of unbranched alkanes of at least 4 members (excludes halogenated alkanes) is 1. The zero-order chi connectivity index (χ0) is 15.1. The van der Waals surface area contributed by atoms with E-state index in [1.165, 1.54) is 11.7 Å². The van der Waals surface area contributed by atoms with Crippen molar-refractivity contribution in [3.05, 3.63) is 41.2 Å². The highest BCUT2D eigenvalue weighted by Gasteiger charge is 2.08. The molecule has 0 spiro atoms. The number of aromatic nitrogens is 2. The SMILES string of the molecule is CCCCNC(=O)c1cccc(OCc2nsnc2C)c1. The van der Waals surface area contributed by atoms with Crippen molar-refractivity contribution >= 4 is 17.6 Å². The monoisotopic (exact) mass is 305 g/mol. The summed E-state index contributed by atoms with van der Waals surface area (Å²) in [4.78, 5) is 12.0. The van der Waals surface area contributed by atoms with Gasteiger partial charge in [-0.15, -0.1) is 0 Å². The highest BCUT2D eigenvalue weighted by molar-refractivity contribution is 6.99. The van der Waals surface area contributed by atoms with Gasteiger partial charge in [-0.25, -0.2) is 0 Å². The molecule has 0 unspecified atom stereocenters. The molecule has 21 heavy (non-hydrogen) atoms. The molecule has 0 saturated heterocycles. The van der Waals surface area contributed by atoms with Gasteiger partial charge < -0.3 is 10.1 Å². The summed E-state index contributed by atoms with van der Waals surface area (Å²) in [6, 6.07) is 7.17.